The highest BCUT2D eigenvalue weighted by Crippen LogP contribution is 2.25. The summed E-state index contributed by atoms with van der Waals surface area (Å²) in [5.74, 6) is -0.0151. The van der Waals surface area contributed by atoms with Crippen molar-refractivity contribution in [2.75, 3.05) is 25.1 Å². The third-order valence-corrected chi connectivity index (χ3v) is 2.15. The lowest BCUT2D eigenvalue weighted by atomic mass is 10.3. The van der Waals surface area contributed by atoms with Crippen LogP contribution in [0, 0.1) is 0 Å². The van der Waals surface area contributed by atoms with Gasteiger partial charge in [-0.05, 0) is 18.6 Å². The fourth-order valence-corrected chi connectivity index (χ4v) is 1.40. The molecule has 0 heterocycles. The van der Waals surface area contributed by atoms with Gasteiger partial charge in [0.15, 0.2) is 0 Å². The molecule has 0 aromatic heterocycles. The Kier molecular flexibility index (Phi) is 6.50. The summed E-state index contributed by atoms with van der Waals surface area (Å²) in [5, 5.41) is 2.80. The van der Waals surface area contributed by atoms with E-state index >= 15 is 0 Å². The summed E-state index contributed by atoms with van der Waals surface area (Å²) in [6, 6.07) is 6.07. The molecule has 114 valence electrons. The van der Waals surface area contributed by atoms with Gasteiger partial charge in [-0.2, -0.15) is 22.0 Å². The second-order valence-corrected chi connectivity index (χ2v) is 3.82. The molecule has 0 amide bonds. The third kappa shape index (κ3) is 7.13. The van der Waals surface area contributed by atoms with Crippen LogP contribution in [-0.2, 0) is 4.74 Å². The minimum Gasteiger partial charge on any atom is -0.433 e. The van der Waals surface area contributed by atoms with E-state index < -0.39 is 19.4 Å². The van der Waals surface area contributed by atoms with Crippen LogP contribution in [0.15, 0.2) is 24.3 Å². The SMILES string of the molecule is FC(F)Oc1ccccc1NCCCOCC(F)(F)F. The summed E-state index contributed by atoms with van der Waals surface area (Å²) in [6.07, 6.45) is -4.04. The van der Waals surface area contributed by atoms with Gasteiger partial charge in [0.1, 0.15) is 12.4 Å². The minimum absolute atomic E-state index is 0.0151. The number of alkyl halides is 5. The summed E-state index contributed by atoms with van der Waals surface area (Å²) in [4.78, 5) is 0. The summed E-state index contributed by atoms with van der Waals surface area (Å²) in [6.45, 7) is -4.03. The minimum atomic E-state index is -4.34. The van der Waals surface area contributed by atoms with Gasteiger partial charge in [0.25, 0.3) is 0 Å². The molecule has 0 aliphatic heterocycles. The lowest BCUT2D eigenvalue weighted by molar-refractivity contribution is -0.173. The second kappa shape index (κ2) is 7.88. The van der Waals surface area contributed by atoms with E-state index in [4.69, 9.17) is 0 Å². The van der Waals surface area contributed by atoms with Crippen LogP contribution in [-0.4, -0.2) is 32.5 Å². The molecule has 3 nitrogen and oxygen atoms in total. The molecule has 20 heavy (non-hydrogen) atoms. The average Bonchev–Trinajstić information content (AvgIpc) is 2.33. The van der Waals surface area contributed by atoms with Crippen molar-refractivity contribution in [1.82, 2.24) is 0 Å². The molecule has 1 aromatic carbocycles. The number of nitrogens with one attached hydrogen (secondary N) is 1. The lowest BCUT2D eigenvalue weighted by Gasteiger charge is -2.12. The van der Waals surface area contributed by atoms with E-state index in [-0.39, 0.29) is 18.9 Å². The van der Waals surface area contributed by atoms with Gasteiger partial charge < -0.3 is 14.8 Å². The van der Waals surface area contributed by atoms with E-state index in [2.05, 4.69) is 14.8 Å². The molecule has 8 heteroatoms. The first kappa shape index (κ1) is 16.5. The molecule has 0 unspecified atom stereocenters. The van der Waals surface area contributed by atoms with Crippen LogP contribution in [0.5, 0.6) is 5.75 Å². The molecule has 0 bridgehead atoms. The Hall–Kier alpha value is -1.57. The first-order chi connectivity index (χ1) is 9.38. The Morgan fingerprint density at radius 1 is 1.15 bits per heavy atom. The predicted molar refractivity (Wildman–Crippen MR) is 63.1 cm³/mol. The number of benzene rings is 1. The Bertz CT molecular complexity index is 398. The van der Waals surface area contributed by atoms with E-state index in [1.807, 2.05) is 0 Å². The first-order valence-corrected chi connectivity index (χ1v) is 5.81. The van der Waals surface area contributed by atoms with Gasteiger partial charge in [0.2, 0.25) is 0 Å². The quantitative estimate of drug-likeness (QED) is 0.587. The maximum atomic E-state index is 12.1. The molecule has 1 aromatic rings. The summed E-state index contributed by atoms with van der Waals surface area (Å²) < 4.78 is 68.3. The van der Waals surface area contributed by atoms with Crippen molar-refractivity contribution in [1.29, 1.82) is 0 Å². The maximum absolute atomic E-state index is 12.1. The fourth-order valence-electron chi connectivity index (χ4n) is 1.40. The highest BCUT2D eigenvalue weighted by atomic mass is 19.4. The summed E-state index contributed by atoms with van der Waals surface area (Å²) in [7, 11) is 0. The van der Waals surface area contributed by atoms with Gasteiger partial charge >= 0.3 is 12.8 Å². The normalized spacial score (nSPS) is 11.7. The largest absolute Gasteiger partial charge is 0.433 e. The molecule has 1 N–H and O–H groups in total. The van der Waals surface area contributed by atoms with Crippen molar-refractivity contribution in [2.45, 2.75) is 19.2 Å². The summed E-state index contributed by atoms with van der Waals surface area (Å²) >= 11 is 0. The number of ether oxygens (including phenoxy) is 2. The van der Waals surface area contributed by atoms with Crippen LogP contribution in [0.1, 0.15) is 6.42 Å². The number of hydrogen-bond acceptors (Lipinski definition) is 3. The average molecular weight is 299 g/mol. The highest BCUT2D eigenvalue weighted by molar-refractivity contribution is 5.56. The smallest absolute Gasteiger partial charge is 0.411 e. The molecule has 1 rings (SSSR count). The number of anilines is 1. The van der Waals surface area contributed by atoms with Gasteiger partial charge in [-0.25, -0.2) is 0 Å². The van der Waals surface area contributed by atoms with E-state index in [1.165, 1.54) is 18.2 Å². The van der Waals surface area contributed by atoms with Crippen LogP contribution >= 0.6 is 0 Å². The number of rotatable bonds is 8. The predicted octanol–water partition coefficient (Wildman–Crippen LogP) is 3.67. The van der Waals surface area contributed by atoms with E-state index in [1.54, 1.807) is 6.07 Å². The molecular formula is C12H14F5NO2. The van der Waals surface area contributed by atoms with Crippen LogP contribution < -0.4 is 10.1 Å². The van der Waals surface area contributed by atoms with Gasteiger partial charge in [-0.3, -0.25) is 0 Å². The Balaban J connectivity index is 2.28. The molecule has 0 aliphatic rings. The third-order valence-electron chi connectivity index (χ3n) is 2.15. The zero-order valence-electron chi connectivity index (χ0n) is 10.4. The van der Waals surface area contributed by atoms with Gasteiger partial charge in [0.05, 0.1) is 5.69 Å². The van der Waals surface area contributed by atoms with Gasteiger partial charge in [0, 0.05) is 13.2 Å². The van der Waals surface area contributed by atoms with Crippen LogP contribution in [0.3, 0.4) is 0 Å². The number of para-hydroxylation sites is 2. The molecule has 0 fully saturated rings. The van der Waals surface area contributed by atoms with Gasteiger partial charge in [-0.15, -0.1) is 0 Å². The van der Waals surface area contributed by atoms with E-state index in [0.717, 1.165) is 0 Å². The first-order valence-electron chi connectivity index (χ1n) is 5.81. The van der Waals surface area contributed by atoms with E-state index in [9.17, 15) is 22.0 Å². The Morgan fingerprint density at radius 3 is 2.50 bits per heavy atom. The molecule has 0 aliphatic carbocycles. The van der Waals surface area contributed by atoms with Crippen molar-refractivity contribution >= 4 is 5.69 Å². The Labute approximate surface area is 112 Å². The molecule has 0 saturated carbocycles. The monoisotopic (exact) mass is 299 g/mol. The lowest BCUT2D eigenvalue weighted by Crippen LogP contribution is -2.18. The zero-order chi connectivity index (χ0) is 15.0. The second-order valence-electron chi connectivity index (χ2n) is 3.82. The maximum Gasteiger partial charge on any atom is 0.411 e. The van der Waals surface area contributed by atoms with Crippen molar-refractivity contribution in [3.63, 3.8) is 0 Å². The number of hydrogen-bond donors (Lipinski definition) is 1. The van der Waals surface area contributed by atoms with Crippen LogP contribution in [0.25, 0.3) is 0 Å². The molecule has 0 saturated heterocycles. The summed E-state index contributed by atoms with van der Waals surface area (Å²) in [5.41, 5.74) is 0.351. The van der Waals surface area contributed by atoms with Crippen LogP contribution in [0.4, 0.5) is 27.6 Å². The standard InChI is InChI=1S/C12H14F5NO2/c13-11(14)20-10-5-2-1-4-9(10)18-6-3-7-19-8-12(15,16)17/h1-2,4-5,11,18H,3,6-8H2. The van der Waals surface area contributed by atoms with Crippen molar-refractivity contribution in [3.05, 3.63) is 24.3 Å². The zero-order valence-corrected chi connectivity index (χ0v) is 10.4. The number of halogens is 5. The van der Waals surface area contributed by atoms with Crippen LogP contribution in [0.2, 0.25) is 0 Å². The van der Waals surface area contributed by atoms with Crippen molar-refractivity contribution in [3.8, 4) is 5.75 Å². The molecule has 0 radical (unpaired) electrons. The topological polar surface area (TPSA) is 30.5 Å². The fraction of sp³-hybridized carbons (Fsp3) is 0.500. The van der Waals surface area contributed by atoms with Crippen molar-refractivity contribution < 1.29 is 31.4 Å². The van der Waals surface area contributed by atoms with Gasteiger partial charge in [-0.1, -0.05) is 12.1 Å². The van der Waals surface area contributed by atoms with Crippen molar-refractivity contribution in [2.24, 2.45) is 0 Å². The molecule has 0 spiro atoms. The Morgan fingerprint density at radius 2 is 1.85 bits per heavy atom. The van der Waals surface area contributed by atoms with E-state index in [0.29, 0.717) is 12.1 Å². The molecule has 0 atom stereocenters. The molecular weight excluding hydrogens is 285 g/mol. The highest BCUT2D eigenvalue weighted by Gasteiger charge is 2.27.